The number of hydrogen-bond acceptors (Lipinski definition) is 5. The summed E-state index contributed by atoms with van der Waals surface area (Å²) >= 11 is 12.0. The molecule has 2 N–H and O–H groups in total. The number of halogens is 2. The zero-order valence-electron chi connectivity index (χ0n) is 11.0. The lowest BCUT2D eigenvalue weighted by Crippen LogP contribution is -2.15. The predicted octanol–water partition coefficient (Wildman–Crippen LogP) is 2.78. The molecule has 0 aliphatic rings. The Morgan fingerprint density at radius 2 is 2.10 bits per heavy atom. The van der Waals surface area contributed by atoms with Crippen molar-refractivity contribution in [2.45, 2.75) is 6.10 Å². The first-order valence-corrected chi connectivity index (χ1v) is 6.69. The van der Waals surface area contributed by atoms with Gasteiger partial charge in [-0.2, -0.15) is 0 Å². The number of benzene rings is 1. The maximum Gasteiger partial charge on any atom is 0.406 e. The normalized spacial score (nSPS) is 12.2. The minimum atomic E-state index is -1.01. The molecule has 1 aromatic heterocycles. The molecule has 1 heterocycles. The molecule has 21 heavy (non-hydrogen) atoms. The highest BCUT2D eigenvalue weighted by Gasteiger charge is 2.22. The van der Waals surface area contributed by atoms with Gasteiger partial charge in [0, 0.05) is 29.2 Å². The van der Waals surface area contributed by atoms with Gasteiger partial charge in [0.1, 0.15) is 0 Å². The molecule has 7 nitrogen and oxygen atoms in total. The van der Waals surface area contributed by atoms with Crippen molar-refractivity contribution in [3.63, 3.8) is 0 Å². The van der Waals surface area contributed by atoms with Crippen LogP contribution in [0.15, 0.2) is 24.5 Å². The molecule has 2 rings (SSSR count). The molecular formula is C12H12Cl2N4O3. The van der Waals surface area contributed by atoms with E-state index in [4.69, 9.17) is 23.2 Å². The van der Waals surface area contributed by atoms with E-state index in [1.807, 2.05) is 0 Å². The van der Waals surface area contributed by atoms with Crippen molar-refractivity contribution in [2.24, 2.45) is 7.05 Å². The molecule has 0 amide bonds. The first kappa shape index (κ1) is 15.6. The van der Waals surface area contributed by atoms with Gasteiger partial charge in [-0.25, -0.2) is 0 Å². The summed E-state index contributed by atoms with van der Waals surface area (Å²) < 4.78 is 1.46. The lowest BCUT2D eigenvalue weighted by molar-refractivity contribution is -0.388. The summed E-state index contributed by atoms with van der Waals surface area (Å²) in [5.74, 6) is -0.114. The molecule has 2 aromatic rings. The van der Waals surface area contributed by atoms with Crippen LogP contribution in [0.5, 0.6) is 0 Å². The van der Waals surface area contributed by atoms with Crippen LogP contribution in [-0.2, 0) is 7.05 Å². The van der Waals surface area contributed by atoms with Crippen molar-refractivity contribution in [1.82, 2.24) is 9.55 Å². The van der Waals surface area contributed by atoms with E-state index in [2.05, 4.69) is 10.3 Å². The maximum atomic E-state index is 10.8. The monoisotopic (exact) mass is 330 g/mol. The zero-order chi connectivity index (χ0) is 15.6. The first-order chi connectivity index (χ1) is 9.91. The highest BCUT2D eigenvalue weighted by atomic mass is 35.5. The average Bonchev–Trinajstić information content (AvgIpc) is 2.77. The van der Waals surface area contributed by atoms with Gasteiger partial charge < -0.3 is 20.5 Å². The van der Waals surface area contributed by atoms with Gasteiger partial charge in [-0.1, -0.05) is 29.3 Å². The fourth-order valence-electron chi connectivity index (χ4n) is 1.88. The Balaban J connectivity index is 2.17. The highest BCUT2D eigenvalue weighted by Crippen LogP contribution is 2.31. The lowest BCUT2D eigenvalue weighted by atomic mass is 10.1. The Morgan fingerprint density at radius 3 is 2.67 bits per heavy atom. The van der Waals surface area contributed by atoms with Crippen molar-refractivity contribution >= 4 is 34.8 Å². The van der Waals surface area contributed by atoms with Gasteiger partial charge in [-0.15, -0.1) is 0 Å². The number of rotatable bonds is 5. The van der Waals surface area contributed by atoms with E-state index < -0.39 is 11.0 Å². The third kappa shape index (κ3) is 3.26. The van der Waals surface area contributed by atoms with Gasteiger partial charge in [0.2, 0.25) is 12.1 Å². The molecule has 0 spiro atoms. The van der Waals surface area contributed by atoms with Gasteiger partial charge >= 0.3 is 5.82 Å². The number of aliphatic hydroxyl groups is 1. The highest BCUT2D eigenvalue weighted by molar-refractivity contribution is 6.36. The van der Waals surface area contributed by atoms with Gasteiger partial charge in [-0.05, 0) is 22.0 Å². The Bertz CT molecular complexity index is 654. The van der Waals surface area contributed by atoms with E-state index in [0.29, 0.717) is 15.6 Å². The summed E-state index contributed by atoms with van der Waals surface area (Å²) in [5.41, 5.74) is 0.373. The Morgan fingerprint density at radius 1 is 1.48 bits per heavy atom. The molecular weight excluding hydrogens is 319 g/mol. The van der Waals surface area contributed by atoms with Gasteiger partial charge in [0.05, 0.1) is 6.10 Å². The molecule has 0 aliphatic carbocycles. The zero-order valence-corrected chi connectivity index (χ0v) is 12.5. The topological polar surface area (TPSA) is 93.2 Å². The number of hydrogen-bond donors (Lipinski definition) is 2. The van der Waals surface area contributed by atoms with Gasteiger partial charge in [0.15, 0.2) is 0 Å². The third-order valence-electron chi connectivity index (χ3n) is 2.89. The van der Waals surface area contributed by atoms with E-state index in [-0.39, 0.29) is 18.2 Å². The summed E-state index contributed by atoms with van der Waals surface area (Å²) in [6.45, 7) is 0.00380. The number of anilines is 1. The van der Waals surface area contributed by atoms with Crippen LogP contribution in [0.2, 0.25) is 10.0 Å². The van der Waals surface area contributed by atoms with Crippen LogP contribution >= 0.6 is 23.2 Å². The molecule has 1 atom stereocenters. The molecule has 9 heteroatoms. The third-order valence-corrected chi connectivity index (χ3v) is 3.55. The van der Waals surface area contributed by atoms with E-state index >= 15 is 0 Å². The maximum absolute atomic E-state index is 10.8. The van der Waals surface area contributed by atoms with Crippen molar-refractivity contribution in [3.05, 3.63) is 50.2 Å². The molecule has 0 radical (unpaired) electrons. The van der Waals surface area contributed by atoms with Crippen LogP contribution in [0.4, 0.5) is 11.6 Å². The van der Waals surface area contributed by atoms with Crippen LogP contribution < -0.4 is 5.32 Å². The lowest BCUT2D eigenvalue weighted by Gasteiger charge is -2.15. The van der Waals surface area contributed by atoms with Crippen molar-refractivity contribution in [2.75, 3.05) is 11.9 Å². The molecule has 1 aromatic carbocycles. The average molecular weight is 331 g/mol. The van der Waals surface area contributed by atoms with E-state index in [9.17, 15) is 15.2 Å². The van der Waals surface area contributed by atoms with Crippen LogP contribution in [0, 0.1) is 10.1 Å². The van der Waals surface area contributed by atoms with Crippen LogP contribution in [-0.4, -0.2) is 26.1 Å². The fraction of sp³-hybridized carbons (Fsp3) is 0.250. The van der Waals surface area contributed by atoms with Crippen molar-refractivity contribution in [1.29, 1.82) is 0 Å². The quantitative estimate of drug-likeness (QED) is 0.649. The number of aliphatic hydroxyl groups excluding tert-OH is 1. The molecule has 0 saturated carbocycles. The van der Waals surface area contributed by atoms with Crippen LogP contribution in [0.1, 0.15) is 11.7 Å². The summed E-state index contributed by atoms with van der Waals surface area (Å²) in [6, 6.07) is 4.89. The first-order valence-electron chi connectivity index (χ1n) is 5.93. The number of imidazole rings is 1. The Hall–Kier alpha value is -1.83. The standard InChI is InChI=1S/C12H12Cl2N4O3/c1-17-6-16-12(18(20)21)11(17)15-5-9(19)10-7(13)3-2-4-8(10)14/h2-4,6,9,15,19H,5H2,1H3/t9-/m1/s1. The largest absolute Gasteiger partial charge is 0.406 e. The smallest absolute Gasteiger partial charge is 0.386 e. The number of nitrogens with zero attached hydrogens (tertiary/aromatic N) is 3. The van der Waals surface area contributed by atoms with E-state index in [0.717, 1.165) is 0 Å². The fourth-order valence-corrected chi connectivity index (χ4v) is 2.53. The summed E-state index contributed by atoms with van der Waals surface area (Å²) in [7, 11) is 1.61. The van der Waals surface area contributed by atoms with E-state index in [1.165, 1.54) is 10.9 Å². The molecule has 112 valence electrons. The minimum Gasteiger partial charge on any atom is -0.386 e. The molecule has 0 unspecified atom stereocenters. The summed E-state index contributed by atoms with van der Waals surface area (Å²) in [4.78, 5) is 13.9. The second-order valence-electron chi connectivity index (χ2n) is 4.32. The minimum absolute atomic E-state index is 0.00380. The van der Waals surface area contributed by atoms with Gasteiger partial charge in [0.25, 0.3) is 0 Å². The van der Waals surface area contributed by atoms with E-state index in [1.54, 1.807) is 25.2 Å². The van der Waals surface area contributed by atoms with Crippen LogP contribution in [0.25, 0.3) is 0 Å². The molecule has 0 saturated heterocycles. The van der Waals surface area contributed by atoms with Crippen molar-refractivity contribution < 1.29 is 10.0 Å². The Labute approximate surface area is 130 Å². The number of aryl methyl sites for hydroxylation is 1. The summed E-state index contributed by atoms with van der Waals surface area (Å²) in [5, 5.41) is 24.5. The second-order valence-corrected chi connectivity index (χ2v) is 5.13. The van der Waals surface area contributed by atoms with Gasteiger partial charge in [-0.3, -0.25) is 4.57 Å². The number of aromatic nitrogens is 2. The Kier molecular flexibility index (Phi) is 4.66. The molecule has 0 fully saturated rings. The summed E-state index contributed by atoms with van der Waals surface area (Å²) in [6.07, 6.45) is 0.302. The number of nitrogens with one attached hydrogen (secondary N) is 1. The second kappa shape index (κ2) is 6.30. The molecule has 0 bridgehead atoms. The predicted molar refractivity (Wildman–Crippen MR) is 79.8 cm³/mol. The number of nitro groups is 1. The molecule has 0 aliphatic heterocycles. The van der Waals surface area contributed by atoms with Crippen LogP contribution in [0.3, 0.4) is 0 Å². The van der Waals surface area contributed by atoms with Crippen molar-refractivity contribution in [3.8, 4) is 0 Å². The SMILES string of the molecule is Cn1cnc([N+](=O)[O-])c1NC[C@@H](O)c1c(Cl)cccc1Cl.